The molecule has 78 valence electrons. The molecule has 1 rings (SSSR count). The molecule has 0 aliphatic heterocycles. The molecule has 1 aromatic rings. The van der Waals surface area contributed by atoms with E-state index in [0.29, 0.717) is 0 Å². The lowest BCUT2D eigenvalue weighted by Crippen LogP contribution is -2.00. The minimum absolute atomic E-state index is 0.162. The highest BCUT2D eigenvalue weighted by Crippen LogP contribution is 2.38. The molecule has 0 aromatic carbocycles. The van der Waals surface area contributed by atoms with Crippen LogP contribution in [0.2, 0.25) is 0 Å². The molecular formula is C8H8BrF2NO2. The number of ether oxygens (including phenoxy) is 1. The van der Waals surface area contributed by atoms with Crippen LogP contribution in [0.3, 0.4) is 0 Å². The quantitative estimate of drug-likeness (QED) is 0.857. The normalized spacial score (nSPS) is 10.6. The van der Waals surface area contributed by atoms with E-state index in [1.807, 2.05) is 0 Å². The number of pyridine rings is 1. The molecule has 0 bridgehead atoms. The van der Waals surface area contributed by atoms with Crippen molar-refractivity contribution in [3.05, 3.63) is 17.5 Å². The minimum Gasteiger partial charge on any atom is -0.503 e. The zero-order valence-electron chi connectivity index (χ0n) is 7.30. The first-order chi connectivity index (χ1) is 6.61. The van der Waals surface area contributed by atoms with E-state index < -0.39 is 6.43 Å². The summed E-state index contributed by atoms with van der Waals surface area (Å²) in [5, 5.41) is 9.41. The second kappa shape index (κ2) is 4.54. The number of nitrogens with zero attached hydrogens (tertiary/aromatic N) is 1. The Balaban J connectivity index is 3.36. The summed E-state index contributed by atoms with van der Waals surface area (Å²) in [5.74, 6) is -0.600. The first-order valence-corrected chi connectivity index (χ1v) is 4.82. The smallest absolute Gasteiger partial charge is 0.269 e. The van der Waals surface area contributed by atoms with E-state index >= 15 is 0 Å². The van der Waals surface area contributed by atoms with Crippen LogP contribution in [-0.4, -0.2) is 17.2 Å². The number of alkyl halides is 3. The Morgan fingerprint density at radius 3 is 2.71 bits per heavy atom. The van der Waals surface area contributed by atoms with Gasteiger partial charge >= 0.3 is 0 Å². The van der Waals surface area contributed by atoms with Gasteiger partial charge < -0.3 is 9.84 Å². The number of hydrogen-bond donors (Lipinski definition) is 1. The van der Waals surface area contributed by atoms with Crippen molar-refractivity contribution in [2.75, 3.05) is 7.11 Å². The van der Waals surface area contributed by atoms with Gasteiger partial charge in [-0.05, 0) is 0 Å². The lowest BCUT2D eigenvalue weighted by Gasteiger charge is -2.11. The second-order valence-electron chi connectivity index (χ2n) is 2.47. The van der Waals surface area contributed by atoms with Gasteiger partial charge in [-0.1, -0.05) is 15.9 Å². The molecule has 0 aliphatic carbocycles. The summed E-state index contributed by atoms with van der Waals surface area (Å²) < 4.78 is 29.9. The number of methoxy groups -OCH3 is 1. The third-order valence-corrected chi connectivity index (χ3v) is 2.21. The molecule has 6 heteroatoms. The lowest BCUT2D eigenvalue weighted by atomic mass is 10.2. The second-order valence-corrected chi connectivity index (χ2v) is 3.03. The van der Waals surface area contributed by atoms with Crippen molar-refractivity contribution in [2.24, 2.45) is 0 Å². The summed E-state index contributed by atoms with van der Waals surface area (Å²) in [4.78, 5) is 3.67. The predicted octanol–water partition coefficient (Wildman–Crippen LogP) is 2.63. The maximum absolute atomic E-state index is 12.6. The minimum atomic E-state index is -2.72. The molecule has 1 aromatic heterocycles. The lowest BCUT2D eigenvalue weighted by molar-refractivity contribution is 0.144. The molecule has 0 radical (unpaired) electrons. The number of hydrogen-bond acceptors (Lipinski definition) is 3. The highest BCUT2D eigenvalue weighted by Gasteiger charge is 2.22. The predicted molar refractivity (Wildman–Crippen MR) is 50.0 cm³/mol. The fourth-order valence-electron chi connectivity index (χ4n) is 1.08. The molecule has 14 heavy (non-hydrogen) atoms. The van der Waals surface area contributed by atoms with Gasteiger partial charge in [0.1, 0.15) is 0 Å². The first-order valence-electron chi connectivity index (χ1n) is 3.70. The van der Waals surface area contributed by atoms with Crippen molar-refractivity contribution in [2.45, 2.75) is 11.8 Å². The van der Waals surface area contributed by atoms with E-state index in [9.17, 15) is 13.9 Å². The Bertz CT molecular complexity index is 333. The Kier molecular flexibility index (Phi) is 3.62. The SMILES string of the molecule is COc1c(O)cnc(CBr)c1C(F)F. The maximum Gasteiger partial charge on any atom is 0.269 e. The largest absolute Gasteiger partial charge is 0.503 e. The van der Waals surface area contributed by atoms with Gasteiger partial charge in [-0.25, -0.2) is 8.78 Å². The number of aromatic hydroxyl groups is 1. The summed E-state index contributed by atoms with van der Waals surface area (Å²) in [6.07, 6.45) is -1.64. The highest BCUT2D eigenvalue weighted by molar-refractivity contribution is 9.08. The van der Waals surface area contributed by atoms with E-state index in [1.54, 1.807) is 0 Å². The van der Waals surface area contributed by atoms with Crippen molar-refractivity contribution < 1.29 is 18.6 Å². The van der Waals surface area contributed by atoms with Crippen molar-refractivity contribution in [3.63, 3.8) is 0 Å². The molecule has 0 atom stereocenters. The molecular weight excluding hydrogens is 260 g/mol. The van der Waals surface area contributed by atoms with Crippen molar-refractivity contribution in [1.82, 2.24) is 4.98 Å². The van der Waals surface area contributed by atoms with Crippen LogP contribution in [0.15, 0.2) is 6.20 Å². The Labute approximate surface area is 87.9 Å². The first kappa shape index (κ1) is 11.2. The maximum atomic E-state index is 12.6. The standard InChI is InChI=1S/C8H8BrF2NO2/c1-14-7-5(13)3-12-4(2-9)6(7)8(10)11/h3,8,13H,2H2,1H3. The third-order valence-electron chi connectivity index (χ3n) is 1.68. The van der Waals surface area contributed by atoms with E-state index in [4.69, 9.17) is 0 Å². The number of aromatic nitrogens is 1. The Morgan fingerprint density at radius 1 is 1.64 bits per heavy atom. The van der Waals surface area contributed by atoms with Crippen LogP contribution in [0.1, 0.15) is 17.7 Å². The van der Waals surface area contributed by atoms with E-state index in [1.165, 1.54) is 7.11 Å². The number of rotatable bonds is 3. The Morgan fingerprint density at radius 2 is 2.29 bits per heavy atom. The van der Waals surface area contributed by atoms with Crippen LogP contribution in [0.5, 0.6) is 11.5 Å². The van der Waals surface area contributed by atoms with Crippen LogP contribution in [0, 0.1) is 0 Å². The van der Waals surface area contributed by atoms with Crippen LogP contribution in [-0.2, 0) is 5.33 Å². The van der Waals surface area contributed by atoms with Gasteiger partial charge in [0, 0.05) is 5.33 Å². The molecule has 0 saturated carbocycles. The monoisotopic (exact) mass is 267 g/mol. The molecule has 0 amide bonds. The fourth-order valence-corrected chi connectivity index (χ4v) is 1.53. The molecule has 0 spiro atoms. The fraction of sp³-hybridized carbons (Fsp3) is 0.375. The average Bonchev–Trinajstić information content (AvgIpc) is 2.17. The van der Waals surface area contributed by atoms with Crippen molar-refractivity contribution >= 4 is 15.9 Å². The summed E-state index contributed by atoms with van der Waals surface area (Å²) >= 11 is 3.03. The Hall–Kier alpha value is -0.910. The van der Waals surface area contributed by atoms with Gasteiger partial charge in [0.15, 0.2) is 11.5 Å². The summed E-state index contributed by atoms with van der Waals surface area (Å²) in [6, 6.07) is 0. The number of halogens is 3. The topological polar surface area (TPSA) is 42.4 Å². The van der Waals surface area contributed by atoms with Gasteiger partial charge in [-0.2, -0.15) is 0 Å². The molecule has 0 saturated heterocycles. The van der Waals surface area contributed by atoms with E-state index in [2.05, 4.69) is 25.7 Å². The summed E-state index contributed by atoms with van der Waals surface area (Å²) in [5.41, 5.74) is -0.209. The zero-order valence-corrected chi connectivity index (χ0v) is 8.88. The van der Waals surface area contributed by atoms with Gasteiger partial charge in [0.2, 0.25) is 0 Å². The zero-order chi connectivity index (χ0) is 10.7. The van der Waals surface area contributed by atoms with Crippen molar-refractivity contribution in [1.29, 1.82) is 0 Å². The summed E-state index contributed by atoms with van der Waals surface area (Å²) in [7, 11) is 1.22. The van der Waals surface area contributed by atoms with Crippen LogP contribution < -0.4 is 4.74 Å². The molecule has 0 fully saturated rings. The molecule has 1 heterocycles. The van der Waals surface area contributed by atoms with E-state index in [0.717, 1.165) is 6.20 Å². The van der Waals surface area contributed by atoms with Crippen molar-refractivity contribution in [3.8, 4) is 11.5 Å². The van der Waals surface area contributed by atoms with Gasteiger partial charge in [-0.3, -0.25) is 4.98 Å². The van der Waals surface area contributed by atoms with Gasteiger partial charge in [-0.15, -0.1) is 0 Å². The molecule has 0 unspecified atom stereocenters. The van der Waals surface area contributed by atoms with Crippen LogP contribution in [0.4, 0.5) is 8.78 Å². The van der Waals surface area contributed by atoms with Crippen LogP contribution in [0.25, 0.3) is 0 Å². The van der Waals surface area contributed by atoms with Gasteiger partial charge in [0.25, 0.3) is 6.43 Å². The third kappa shape index (κ3) is 1.95. The average molecular weight is 268 g/mol. The molecule has 1 N–H and O–H groups in total. The van der Waals surface area contributed by atoms with Crippen LogP contribution >= 0.6 is 15.9 Å². The summed E-state index contributed by atoms with van der Waals surface area (Å²) in [6.45, 7) is 0. The van der Waals surface area contributed by atoms with E-state index in [-0.39, 0.29) is 28.1 Å². The molecule has 3 nitrogen and oxygen atoms in total. The van der Waals surface area contributed by atoms with Gasteiger partial charge in [0.05, 0.1) is 24.6 Å². The highest BCUT2D eigenvalue weighted by atomic mass is 79.9. The molecule has 0 aliphatic rings.